The quantitative estimate of drug-likeness (QED) is 0.619. The van der Waals surface area contributed by atoms with E-state index in [1.165, 1.54) is 18.4 Å². The van der Waals surface area contributed by atoms with Crippen LogP contribution in [0.1, 0.15) is 53.5 Å². The topological polar surface area (TPSA) is 61.0 Å². The number of likely N-dealkylation sites (tertiary alicyclic amines) is 1. The van der Waals surface area contributed by atoms with E-state index in [0.29, 0.717) is 23.1 Å². The van der Waals surface area contributed by atoms with Gasteiger partial charge in [0.1, 0.15) is 0 Å². The number of hydrogen-bond donors (Lipinski definition) is 2. The van der Waals surface area contributed by atoms with Crippen molar-refractivity contribution in [3.63, 3.8) is 0 Å². The molecule has 1 unspecified atom stereocenters. The molecule has 0 spiro atoms. The number of rotatable bonds is 6. The zero-order valence-electron chi connectivity index (χ0n) is 17.0. The normalized spacial score (nSPS) is 17.5. The first-order valence-electron chi connectivity index (χ1n) is 10.3. The van der Waals surface area contributed by atoms with Gasteiger partial charge in [-0.05, 0) is 54.6 Å². The summed E-state index contributed by atoms with van der Waals surface area (Å²) in [5, 5.41) is 2.88. The summed E-state index contributed by atoms with van der Waals surface area (Å²) in [5.74, 6) is 0.120. The fourth-order valence-electron chi connectivity index (χ4n) is 4.01. The van der Waals surface area contributed by atoms with Gasteiger partial charge in [0, 0.05) is 25.2 Å². The summed E-state index contributed by atoms with van der Waals surface area (Å²) in [7, 11) is 0. The Kier molecular flexibility index (Phi) is 6.08. The minimum absolute atomic E-state index is 0.253. The maximum atomic E-state index is 12.8. The van der Waals surface area contributed by atoms with Gasteiger partial charge in [-0.1, -0.05) is 31.2 Å². The van der Waals surface area contributed by atoms with E-state index in [1.807, 2.05) is 12.1 Å². The van der Waals surface area contributed by atoms with Gasteiger partial charge >= 0.3 is 0 Å². The van der Waals surface area contributed by atoms with Crippen LogP contribution in [0.4, 0.5) is 8.78 Å². The van der Waals surface area contributed by atoms with Crippen LogP contribution in [0.5, 0.6) is 0 Å². The number of piperidine rings is 1. The van der Waals surface area contributed by atoms with E-state index in [1.54, 1.807) is 18.2 Å². The van der Waals surface area contributed by atoms with E-state index in [0.717, 1.165) is 31.1 Å². The second kappa shape index (κ2) is 8.92. The summed E-state index contributed by atoms with van der Waals surface area (Å²) in [4.78, 5) is 21.3. The Morgan fingerprint density at radius 2 is 2.00 bits per heavy atom. The number of alkyl halides is 2. The standard InChI is InChI=1S/C23H26F2N4O/c1-15-3-2-10-29(13-15)14-17-6-4-16(5-7-17)12-26-23(30)18-8-9-19-20(11-18)28-22(27-19)21(24)25/h4-9,11,15,21H,2-3,10,12-14H2,1H3,(H,26,30)(H,27,28). The first-order valence-corrected chi connectivity index (χ1v) is 10.3. The lowest BCUT2D eigenvalue weighted by Gasteiger charge is -2.30. The number of halogens is 2. The molecule has 0 aliphatic carbocycles. The van der Waals surface area contributed by atoms with Crippen LogP contribution in [-0.2, 0) is 13.1 Å². The highest BCUT2D eigenvalue weighted by molar-refractivity contribution is 5.97. The van der Waals surface area contributed by atoms with E-state index in [4.69, 9.17) is 0 Å². The molecule has 7 heteroatoms. The van der Waals surface area contributed by atoms with Crippen molar-refractivity contribution >= 4 is 16.9 Å². The van der Waals surface area contributed by atoms with Crippen molar-refractivity contribution in [2.24, 2.45) is 5.92 Å². The van der Waals surface area contributed by atoms with Crippen molar-refractivity contribution in [1.29, 1.82) is 0 Å². The third-order valence-corrected chi connectivity index (χ3v) is 5.59. The summed E-state index contributed by atoms with van der Waals surface area (Å²) in [5.41, 5.74) is 3.54. The molecule has 0 bridgehead atoms. The largest absolute Gasteiger partial charge is 0.348 e. The predicted octanol–water partition coefficient (Wildman–Crippen LogP) is 4.66. The highest BCUT2D eigenvalue weighted by atomic mass is 19.3. The summed E-state index contributed by atoms with van der Waals surface area (Å²) in [6, 6.07) is 13.0. The zero-order valence-corrected chi connectivity index (χ0v) is 17.0. The highest BCUT2D eigenvalue weighted by Crippen LogP contribution is 2.21. The number of benzene rings is 2. The number of nitrogens with one attached hydrogen (secondary N) is 2. The molecule has 4 rings (SSSR count). The average molecular weight is 412 g/mol. The van der Waals surface area contributed by atoms with Crippen molar-refractivity contribution in [2.45, 2.75) is 39.3 Å². The number of hydrogen-bond acceptors (Lipinski definition) is 3. The van der Waals surface area contributed by atoms with Crippen molar-refractivity contribution in [2.75, 3.05) is 13.1 Å². The number of fused-ring (bicyclic) bond motifs is 1. The van der Waals surface area contributed by atoms with Crippen LogP contribution in [0.15, 0.2) is 42.5 Å². The molecule has 1 saturated heterocycles. The van der Waals surface area contributed by atoms with Gasteiger partial charge in [0.15, 0.2) is 5.82 Å². The van der Waals surface area contributed by atoms with Gasteiger partial charge in [-0.15, -0.1) is 0 Å². The van der Waals surface area contributed by atoms with Crippen molar-refractivity contribution in [3.05, 3.63) is 65.0 Å². The Bertz CT molecular complexity index is 1020. The number of aromatic nitrogens is 2. The molecular formula is C23H26F2N4O. The summed E-state index contributed by atoms with van der Waals surface area (Å²) in [6.45, 7) is 5.98. The molecule has 158 valence electrons. The van der Waals surface area contributed by atoms with Gasteiger partial charge in [0.2, 0.25) is 0 Å². The first-order chi connectivity index (χ1) is 14.5. The van der Waals surface area contributed by atoms with E-state index in [-0.39, 0.29) is 11.7 Å². The predicted molar refractivity (Wildman–Crippen MR) is 112 cm³/mol. The Morgan fingerprint density at radius 1 is 1.23 bits per heavy atom. The van der Waals surface area contributed by atoms with Crippen molar-refractivity contribution in [3.8, 4) is 0 Å². The maximum absolute atomic E-state index is 12.8. The van der Waals surface area contributed by atoms with E-state index >= 15 is 0 Å². The fourth-order valence-corrected chi connectivity index (χ4v) is 4.01. The van der Waals surface area contributed by atoms with E-state index in [2.05, 4.69) is 39.2 Å². The third kappa shape index (κ3) is 4.84. The molecular weight excluding hydrogens is 386 g/mol. The summed E-state index contributed by atoms with van der Waals surface area (Å²) in [6.07, 6.45) is -0.0921. The van der Waals surface area contributed by atoms with Crippen LogP contribution in [0.25, 0.3) is 11.0 Å². The molecule has 1 aliphatic heterocycles. The van der Waals surface area contributed by atoms with Crippen LogP contribution in [-0.4, -0.2) is 33.9 Å². The molecule has 1 atom stereocenters. The second-order valence-electron chi connectivity index (χ2n) is 8.14. The number of imidazole rings is 1. The number of H-pyrrole nitrogens is 1. The second-order valence-corrected chi connectivity index (χ2v) is 8.14. The third-order valence-electron chi connectivity index (χ3n) is 5.59. The number of aromatic amines is 1. The minimum atomic E-state index is -2.67. The van der Waals surface area contributed by atoms with Gasteiger partial charge in [0.25, 0.3) is 12.3 Å². The molecule has 2 heterocycles. The molecule has 30 heavy (non-hydrogen) atoms. The van der Waals surface area contributed by atoms with Gasteiger partial charge < -0.3 is 10.3 Å². The number of amides is 1. The van der Waals surface area contributed by atoms with E-state index < -0.39 is 6.43 Å². The molecule has 2 N–H and O–H groups in total. The molecule has 1 amide bonds. The lowest BCUT2D eigenvalue weighted by molar-refractivity contribution is 0.0951. The monoisotopic (exact) mass is 412 g/mol. The highest BCUT2D eigenvalue weighted by Gasteiger charge is 2.16. The maximum Gasteiger partial charge on any atom is 0.295 e. The molecule has 3 aromatic rings. The zero-order chi connectivity index (χ0) is 21.1. The van der Waals surface area contributed by atoms with Gasteiger partial charge in [-0.3, -0.25) is 9.69 Å². The molecule has 1 aromatic heterocycles. The number of nitrogens with zero attached hydrogens (tertiary/aromatic N) is 2. The first kappa shape index (κ1) is 20.5. The van der Waals surface area contributed by atoms with Crippen LogP contribution < -0.4 is 5.32 Å². The summed E-state index contributed by atoms with van der Waals surface area (Å²) >= 11 is 0. The lowest BCUT2D eigenvalue weighted by Crippen LogP contribution is -2.33. The number of carbonyl (C=O) groups excluding carboxylic acids is 1. The lowest BCUT2D eigenvalue weighted by atomic mass is 9.99. The molecule has 2 aromatic carbocycles. The molecule has 1 fully saturated rings. The number of carbonyl (C=O) groups is 1. The fraction of sp³-hybridized carbons (Fsp3) is 0.391. The van der Waals surface area contributed by atoms with Crippen LogP contribution in [0, 0.1) is 5.92 Å². The molecule has 0 radical (unpaired) electrons. The van der Waals surface area contributed by atoms with Crippen LogP contribution >= 0.6 is 0 Å². The smallest absolute Gasteiger partial charge is 0.295 e. The van der Waals surface area contributed by atoms with Crippen LogP contribution in [0.3, 0.4) is 0 Å². The Morgan fingerprint density at radius 3 is 2.73 bits per heavy atom. The summed E-state index contributed by atoms with van der Waals surface area (Å²) < 4.78 is 25.5. The molecule has 1 aliphatic rings. The average Bonchev–Trinajstić information content (AvgIpc) is 3.17. The van der Waals surface area contributed by atoms with Crippen LogP contribution in [0.2, 0.25) is 0 Å². The van der Waals surface area contributed by atoms with Gasteiger partial charge in [-0.2, -0.15) is 0 Å². The van der Waals surface area contributed by atoms with Gasteiger partial charge in [-0.25, -0.2) is 13.8 Å². The Labute approximate surface area is 174 Å². The van der Waals surface area contributed by atoms with Crippen molar-refractivity contribution in [1.82, 2.24) is 20.2 Å². The van der Waals surface area contributed by atoms with Gasteiger partial charge in [0.05, 0.1) is 11.0 Å². The minimum Gasteiger partial charge on any atom is -0.348 e. The Hall–Kier alpha value is -2.80. The van der Waals surface area contributed by atoms with E-state index in [9.17, 15) is 13.6 Å². The Balaban J connectivity index is 1.33. The SMILES string of the molecule is CC1CCCN(Cc2ccc(CNC(=O)c3ccc4nc(C(F)F)[nH]c4c3)cc2)C1. The molecule has 0 saturated carbocycles. The van der Waals surface area contributed by atoms with Crippen molar-refractivity contribution < 1.29 is 13.6 Å². The molecule has 5 nitrogen and oxygen atoms in total.